The van der Waals surface area contributed by atoms with E-state index in [0.717, 1.165) is 5.56 Å². The summed E-state index contributed by atoms with van der Waals surface area (Å²) in [6.07, 6.45) is 1.41. The first-order valence-electron chi connectivity index (χ1n) is 5.96. The molecule has 1 aromatic heterocycles. The van der Waals surface area contributed by atoms with Crippen LogP contribution in [0.25, 0.3) is 0 Å². The predicted molar refractivity (Wildman–Crippen MR) is 78.5 cm³/mol. The summed E-state index contributed by atoms with van der Waals surface area (Å²) in [6, 6.07) is 9.00. The first kappa shape index (κ1) is 14.8. The van der Waals surface area contributed by atoms with Gasteiger partial charge in [0.25, 0.3) is 0 Å². The van der Waals surface area contributed by atoms with E-state index < -0.39 is 0 Å². The molecule has 0 amide bonds. The molecule has 0 spiro atoms. The summed E-state index contributed by atoms with van der Waals surface area (Å²) in [6.45, 7) is 0. The molecule has 0 aliphatic heterocycles. The molecule has 21 heavy (non-hydrogen) atoms. The van der Waals surface area contributed by atoms with Crippen molar-refractivity contribution in [1.82, 2.24) is 9.97 Å². The molecule has 6 nitrogen and oxygen atoms in total. The number of aromatic nitrogens is 2. The molecule has 0 unspecified atom stereocenters. The van der Waals surface area contributed by atoms with Gasteiger partial charge in [0, 0.05) is 5.75 Å². The molecule has 0 bridgehead atoms. The van der Waals surface area contributed by atoms with Crippen LogP contribution in [0.15, 0.2) is 35.6 Å². The lowest BCUT2D eigenvalue weighted by molar-refractivity contribution is 0.0600. The summed E-state index contributed by atoms with van der Waals surface area (Å²) in [5, 5.41) is 9.26. The largest absolute Gasteiger partial charge is 0.465 e. The molecule has 0 saturated carbocycles. The van der Waals surface area contributed by atoms with Crippen LogP contribution >= 0.6 is 11.8 Å². The predicted octanol–water partition coefficient (Wildman–Crippen LogP) is 2.01. The van der Waals surface area contributed by atoms with Crippen LogP contribution in [0.1, 0.15) is 21.5 Å². The molecule has 0 aliphatic carbocycles. The van der Waals surface area contributed by atoms with Gasteiger partial charge in [-0.1, -0.05) is 23.9 Å². The minimum Gasteiger partial charge on any atom is -0.465 e. The van der Waals surface area contributed by atoms with Crippen LogP contribution in [-0.4, -0.2) is 23.0 Å². The van der Waals surface area contributed by atoms with Crippen LogP contribution in [-0.2, 0) is 10.5 Å². The molecule has 0 aliphatic rings. The number of esters is 1. The summed E-state index contributed by atoms with van der Waals surface area (Å²) in [4.78, 5) is 19.4. The number of benzene rings is 1. The van der Waals surface area contributed by atoms with Crippen molar-refractivity contribution < 1.29 is 9.53 Å². The fourth-order valence-corrected chi connectivity index (χ4v) is 2.31. The number of thioether (sulfide) groups is 1. The number of nitrogen functional groups attached to an aromatic ring is 1. The third-order valence-corrected chi connectivity index (χ3v) is 3.59. The molecule has 0 saturated heterocycles. The maximum absolute atomic E-state index is 11.3. The van der Waals surface area contributed by atoms with Crippen molar-refractivity contribution in [2.75, 3.05) is 12.8 Å². The minimum atomic E-state index is -0.364. The third kappa shape index (κ3) is 3.70. The number of nitriles is 1. The number of methoxy groups -OCH3 is 1. The highest BCUT2D eigenvalue weighted by Gasteiger charge is 2.06. The number of hydrogen-bond donors (Lipinski definition) is 1. The molecule has 2 rings (SSSR count). The lowest BCUT2D eigenvalue weighted by Gasteiger charge is -2.03. The first-order chi connectivity index (χ1) is 10.1. The van der Waals surface area contributed by atoms with E-state index in [2.05, 4.69) is 14.7 Å². The van der Waals surface area contributed by atoms with E-state index in [1.807, 2.05) is 18.2 Å². The molecule has 106 valence electrons. The van der Waals surface area contributed by atoms with Gasteiger partial charge in [-0.05, 0) is 17.7 Å². The smallest absolute Gasteiger partial charge is 0.337 e. The second-order valence-electron chi connectivity index (χ2n) is 4.04. The van der Waals surface area contributed by atoms with Gasteiger partial charge in [-0.25, -0.2) is 14.8 Å². The van der Waals surface area contributed by atoms with E-state index in [-0.39, 0.29) is 17.4 Å². The average Bonchev–Trinajstić information content (AvgIpc) is 2.52. The number of carbonyl (C=O) groups is 1. The molecule has 1 heterocycles. The maximum Gasteiger partial charge on any atom is 0.337 e. The Bertz CT molecular complexity index is 695. The monoisotopic (exact) mass is 300 g/mol. The van der Waals surface area contributed by atoms with Crippen molar-refractivity contribution in [3.63, 3.8) is 0 Å². The lowest BCUT2D eigenvalue weighted by Crippen LogP contribution is -2.01. The molecule has 7 heteroatoms. The molecule has 1 aromatic carbocycles. The van der Waals surface area contributed by atoms with Crippen LogP contribution in [0.4, 0.5) is 5.82 Å². The SMILES string of the molecule is COC(=O)c1ccc(CSc2ncc(C#N)c(N)n2)cc1. The summed E-state index contributed by atoms with van der Waals surface area (Å²) in [5.41, 5.74) is 7.41. The quantitative estimate of drug-likeness (QED) is 0.523. The van der Waals surface area contributed by atoms with Gasteiger partial charge in [0.2, 0.25) is 0 Å². The number of rotatable bonds is 4. The highest BCUT2D eigenvalue weighted by atomic mass is 32.2. The summed E-state index contributed by atoms with van der Waals surface area (Å²) in [7, 11) is 1.35. The first-order valence-corrected chi connectivity index (χ1v) is 6.95. The van der Waals surface area contributed by atoms with Gasteiger partial charge >= 0.3 is 5.97 Å². The van der Waals surface area contributed by atoms with Crippen molar-refractivity contribution in [2.45, 2.75) is 10.9 Å². The third-order valence-electron chi connectivity index (χ3n) is 2.66. The number of hydrogen-bond acceptors (Lipinski definition) is 7. The van der Waals surface area contributed by atoms with Gasteiger partial charge in [0.15, 0.2) is 5.16 Å². The van der Waals surface area contributed by atoms with Gasteiger partial charge in [-0.3, -0.25) is 0 Å². The van der Waals surface area contributed by atoms with Gasteiger partial charge in [0.05, 0.1) is 18.9 Å². The molecule has 2 aromatic rings. The van der Waals surface area contributed by atoms with Gasteiger partial charge in [0.1, 0.15) is 17.5 Å². The molecule has 0 atom stereocenters. The number of nitrogens with two attached hydrogens (primary N) is 1. The van der Waals surface area contributed by atoms with Crippen LogP contribution in [0, 0.1) is 11.3 Å². The normalized spacial score (nSPS) is 9.90. The Morgan fingerprint density at radius 2 is 2.14 bits per heavy atom. The topological polar surface area (TPSA) is 102 Å². The van der Waals surface area contributed by atoms with Gasteiger partial charge in [-0.2, -0.15) is 5.26 Å². The van der Waals surface area contributed by atoms with Gasteiger partial charge < -0.3 is 10.5 Å². The zero-order valence-electron chi connectivity index (χ0n) is 11.2. The molecular weight excluding hydrogens is 288 g/mol. The molecular formula is C14H12N4O2S. The zero-order valence-corrected chi connectivity index (χ0v) is 12.1. The zero-order chi connectivity index (χ0) is 15.2. The van der Waals surface area contributed by atoms with Gasteiger partial charge in [-0.15, -0.1) is 0 Å². The molecule has 0 fully saturated rings. The highest BCUT2D eigenvalue weighted by molar-refractivity contribution is 7.98. The van der Waals surface area contributed by atoms with Crippen LogP contribution in [0.3, 0.4) is 0 Å². The van der Waals surface area contributed by atoms with E-state index in [0.29, 0.717) is 16.5 Å². The summed E-state index contributed by atoms with van der Waals surface area (Å²) in [5.74, 6) is 0.445. The highest BCUT2D eigenvalue weighted by Crippen LogP contribution is 2.21. The van der Waals surface area contributed by atoms with Crippen LogP contribution in [0.5, 0.6) is 0 Å². The van der Waals surface area contributed by atoms with Crippen molar-refractivity contribution in [3.05, 3.63) is 47.2 Å². The minimum absolute atomic E-state index is 0.177. The van der Waals surface area contributed by atoms with E-state index in [4.69, 9.17) is 11.0 Å². The average molecular weight is 300 g/mol. The Morgan fingerprint density at radius 3 is 2.71 bits per heavy atom. The Morgan fingerprint density at radius 1 is 1.43 bits per heavy atom. The van der Waals surface area contributed by atoms with E-state index in [1.165, 1.54) is 25.1 Å². The number of carbonyl (C=O) groups excluding carboxylic acids is 1. The molecule has 2 N–H and O–H groups in total. The van der Waals surface area contributed by atoms with Crippen molar-refractivity contribution in [2.24, 2.45) is 0 Å². The number of anilines is 1. The standard InChI is InChI=1S/C14H12N4O2S/c1-20-13(19)10-4-2-9(3-5-10)8-21-14-17-7-11(6-15)12(16)18-14/h2-5,7H,8H2,1H3,(H2,16,17,18). The fraction of sp³-hybridized carbons (Fsp3) is 0.143. The van der Waals surface area contributed by atoms with E-state index in [1.54, 1.807) is 12.1 Å². The van der Waals surface area contributed by atoms with Crippen molar-refractivity contribution >= 4 is 23.5 Å². The van der Waals surface area contributed by atoms with Crippen molar-refractivity contribution in [1.29, 1.82) is 5.26 Å². The Labute approximate surface area is 126 Å². The van der Waals surface area contributed by atoms with E-state index >= 15 is 0 Å². The Kier molecular flexibility index (Phi) is 4.74. The van der Waals surface area contributed by atoms with Crippen LogP contribution < -0.4 is 5.73 Å². The number of ether oxygens (including phenoxy) is 1. The second-order valence-corrected chi connectivity index (χ2v) is 4.98. The fourth-order valence-electron chi connectivity index (χ4n) is 1.54. The Balaban J connectivity index is 2.01. The van der Waals surface area contributed by atoms with Crippen molar-refractivity contribution in [3.8, 4) is 6.07 Å². The summed E-state index contributed by atoms with van der Waals surface area (Å²) < 4.78 is 4.64. The second kappa shape index (κ2) is 6.72. The molecule has 0 radical (unpaired) electrons. The van der Waals surface area contributed by atoms with E-state index in [9.17, 15) is 4.79 Å². The number of nitrogens with zero attached hydrogens (tertiary/aromatic N) is 3. The maximum atomic E-state index is 11.3. The lowest BCUT2D eigenvalue weighted by atomic mass is 10.1. The Hall–Kier alpha value is -2.59. The summed E-state index contributed by atoms with van der Waals surface area (Å²) >= 11 is 1.40. The van der Waals surface area contributed by atoms with Crippen LogP contribution in [0.2, 0.25) is 0 Å².